The molecule has 4 nitrogen and oxygen atoms in total. The summed E-state index contributed by atoms with van der Waals surface area (Å²) in [5, 5.41) is 1.00. The molecular formula is C28H40O4SSi. The number of sulfone groups is 1. The first-order chi connectivity index (χ1) is 16.1. The van der Waals surface area contributed by atoms with Crippen LogP contribution in [0.2, 0.25) is 19.1 Å². The Bertz CT molecular complexity index is 1100. The van der Waals surface area contributed by atoms with E-state index < -0.39 is 22.7 Å². The van der Waals surface area contributed by atoms with Gasteiger partial charge in [0.2, 0.25) is 0 Å². The lowest BCUT2D eigenvalue weighted by Gasteiger charge is -2.45. The third-order valence-electron chi connectivity index (χ3n) is 7.75. The molecule has 186 valence electrons. The molecule has 3 atom stereocenters. The highest BCUT2D eigenvalue weighted by molar-refractivity contribution is 7.93. The molecule has 1 fully saturated rings. The fraction of sp³-hybridized carbons (Fsp3) is 0.500. The Labute approximate surface area is 207 Å². The Morgan fingerprint density at radius 2 is 1.88 bits per heavy atom. The number of benzene rings is 2. The van der Waals surface area contributed by atoms with Gasteiger partial charge >= 0.3 is 0 Å². The molecule has 0 N–H and O–H groups in total. The fourth-order valence-electron chi connectivity index (χ4n) is 5.67. The fourth-order valence-corrected chi connectivity index (χ4v) is 11.3. The van der Waals surface area contributed by atoms with Crippen LogP contribution in [0.15, 0.2) is 66.1 Å². The zero-order chi connectivity index (χ0) is 25.0. The minimum Gasteiger partial charge on any atom is -0.497 e. The predicted molar refractivity (Wildman–Crippen MR) is 144 cm³/mol. The standard InChI is InChI=1S/C28H40O4SSi/c1-7-20-34(5,6)27-16-9-8-15-26(27)33(29,30)28(2)19-11-14-25(32-4)24(28)18-17-22-12-10-13-23(21-22)31-3/h7-10,12-13,15-16,21,24-25H,1,11,14,17-20H2,2-6H3. The van der Waals surface area contributed by atoms with Gasteiger partial charge in [-0.3, -0.25) is 0 Å². The quantitative estimate of drug-likeness (QED) is 0.307. The third-order valence-corrected chi connectivity index (χ3v) is 13.8. The van der Waals surface area contributed by atoms with Crippen LogP contribution in [0.25, 0.3) is 0 Å². The summed E-state index contributed by atoms with van der Waals surface area (Å²) in [4.78, 5) is 0.513. The second-order valence-corrected chi connectivity index (χ2v) is 17.4. The lowest BCUT2D eigenvalue weighted by Crippen LogP contribution is -2.54. The van der Waals surface area contributed by atoms with Crippen molar-refractivity contribution < 1.29 is 17.9 Å². The molecule has 1 aliphatic rings. The van der Waals surface area contributed by atoms with E-state index in [1.165, 1.54) is 0 Å². The topological polar surface area (TPSA) is 52.6 Å². The molecule has 0 spiro atoms. The van der Waals surface area contributed by atoms with Crippen LogP contribution in [-0.2, 0) is 21.0 Å². The molecule has 1 saturated carbocycles. The van der Waals surface area contributed by atoms with Crippen LogP contribution in [-0.4, -0.2) is 41.6 Å². The third kappa shape index (κ3) is 5.19. The lowest BCUT2D eigenvalue weighted by molar-refractivity contribution is 0.00409. The second kappa shape index (κ2) is 10.8. The van der Waals surface area contributed by atoms with Crippen LogP contribution in [0.4, 0.5) is 0 Å². The number of hydrogen-bond acceptors (Lipinski definition) is 4. The highest BCUT2D eigenvalue weighted by Crippen LogP contribution is 2.46. The van der Waals surface area contributed by atoms with Crippen molar-refractivity contribution in [2.45, 2.75) is 73.9 Å². The maximum atomic E-state index is 14.5. The highest BCUT2D eigenvalue weighted by atomic mass is 32.2. The number of ether oxygens (including phenoxy) is 2. The molecule has 2 aromatic carbocycles. The van der Waals surface area contributed by atoms with E-state index in [2.05, 4.69) is 25.7 Å². The summed E-state index contributed by atoms with van der Waals surface area (Å²) in [5.41, 5.74) is 1.15. The molecule has 0 amide bonds. The zero-order valence-electron chi connectivity index (χ0n) is 21.3. The Kier molecular flexibility index (Phi) is 8.48. The van der Waals surface area contributed by atoms with Crippen molar-refractivity contribution in [2.24, 2.45) is 5.92 Å². The molecule has 0 radical (unpaired) electrons. The van der Waals surface area contributed by atoms with Gasteiger partial charge in [0, 0.05) is 13.0 Å². The minimum absolute atomic E-state index is 0.0790. The summed E-state index contributed by atoms with van der Waals surface area (Å²) in [6.45, 7) is 10.3. The van der Waals surface area contributed by atoms with E-state index in [-0.39, 0.29) is 12.0 Å². The van der Waals surface area contributed by atoms with Gasteiger partial charge in [0.25, 0.3) is 0 Å². The summed E-state index contributed by atoms with van der Waals surface area (Å²) in [7, 11) is -2.22. The van der Waals surface area contributed by atoms with Crippen molar-refractivity contribution in [1.29, 1.82) is 0 Å². The molecule has 0 aliphatic heterocycles. The smallest absolute Gasteiger partial charge is 0.184 e. The normalized spacial score (nSPS) is 23.4. The molecule has 0 heterocycles. The van der Waals surface area contributed by atoms with Gasteiger partial charge in [0.15, 0.2) is 9.84 Å². The predicted octanol–water partition coefficient (Wildman–Crippen LogP) is 5.78. The number of methoxy groups -OCH3 is 2. The number of rotatable bonds is 10. The van der Waals surface area contributed by atoms with Crippen LogP contribution < -0.4 is 9.92 Å². The van der Waals surface area contributed by atoms with Crippen molar-refractivity contribution in [3.8, 4) is 5.75 Å². The second-order valence-electron chi connectivity index (χ2n) is 10.4. The zero-order valence-corrected chi connectivity index (χ0v) is 23.2. The van der Waals surface area contributed by atoms with Crippen molar-refractivity contribution in [3.63, 3.8) is 0 Å². The van der Waals surface area contributed by atoms with Crippen LogP contribution in [0.5, 0.6) is 5.75 Å². The molecule has 6 heteroatoms. The summed E-state index contributed by atoms with van der Waals surface area (Å²) >= 11 is 0. The molecule has 3 unspecified atom stereocenters. The van der Waals surface area contributed by atoms with Crippen LogP contribution in [0.1, 0.15) is 38.2 Å². The summed E-state index contributed by atoms with van der Waals surface area (Å²) in [6.07, 6.45) is 5.76. The largest absolute Gasteiger partial charge is 0.497 e. The molecule has 0 saturated heterocycles. The van der Waals surface area contributed by atoms with Crippen molar-refractivity contribution >= 4 is 23.1 Å². The highest BCUT2D eigenvalue weighted by Gasteiger charge is 2.52. The molecule has 2 aromatic rings. The van der Waals surface area contributed by atoms with Crippen molar-refractivity contribution in [1.82, 2.24) is 0 Å². The Balaban J connectivity index is 2.03. The SMILES string of the molecule is C=CC[Si](C)(C)c1ccccc1S(=O)(=O)C1(C)CCCC(OC)C1CCc1cccc(OC)c1. The molecule has 1 aliphatic carbocycles. The Morgan fingerprint density at radius 3 is 2.56 bits per heavy atom. The van der Waals surface area contributed by atoms with Gasteiger partial charge in [-0.05, 0) is 74.0 Å². The Hall–Kier alpha value is -1.89. The molecule has 34 heavy (non-hydrogen) atoms. The van der Waals surface area contributed by atoms with E-state index in [0.29, 0.717) is 11.3 Å². The van der Waals surface area contributed by atoms with E-state index in [0.717, 1.165) is 48.2 Å². The van der Waals surface area contributed by atoms with Crippen LogP contribution in [0.3, 0.4) is 0 Å². The summed E-state index contributed by atoms with van der Waals surface area (Å²) in [6, 6.07) is 16.6. The van der Waals surface area contributed by atoms with Crippen molar-refractivity contribution in [3.05, 3.63) is 66.7 Å². The van der Waals surface area contributed by atoms with E-state index >= 15 is 0 Å². The number of aryl methyl sites for hydroxylation is 1. The van der Waals surface area contributed by atoms with Gasteiger partial charge in [-0.25, -0.2) is 8.42 Å². The van der Waals surface area contributed by atoms with Gasteiger partial charge in [-0.15, -0.1) is 6.58 Å². The first-order valence-corrected chi connectivity index (χ1v) is 16.9. The minimum atomic E-state index is -3.61. The van der Waals surface area contributed by atoms with Gasteiger partial charge in [-0.1, -0.05) is 49.5 Å². The number of allylic oxidation sites excluding steroid dienone is 1. The van der Waals surface area contributed by atoms with Gasteiger partial charge in [-0.2, -0.15) is 0 Å². The van der Waals surface area contributed by atoms with Crippen LogP contribution >= 0.6 is 0 Å². The van der Waals surface area contributed by atoms with E-state index in [1.807, 2.05) is 55.5 Å². The molecule has 3 rings (SSSR count). The molecule has 0 bridgehead atoms. The average Bonchev–Trinajstić information content (AvgIpc) is 2.83. The van der Waals surface area contributed by atoms with Crippen molar-refractivity contribution in [2.75, 3.05) is 14.2 Å². The van der Waals surface area contributed by atoms with E-state index in [1.54, 1.807) is 14.2 Å². The summed E-state index contributed by atoms with van der Waals surface area (Å²) in [5.74, 6) is 0.725. The first kappa shape index (κ1) is 26.7. The first-order valence-electron chi connectivity index (χ1n) is 12.2. The molecule has 0 aromatic heterocycles. The van der Waals surface area contributed by atoms with Gasteiger partial charge in [0.1, 0.15) is 5.75 Å². The summed E-state index contributed by atoms with van der Waals surface area (Å²) < 4.78 is 39.4. The number of hydrogen-bond donors (Lipinski definition) is 0. The Morgan fingerprint density at radius 1 is 1.15 bits per heavy atom. The van der Waals surface area contributed by atoms with E-state index in [9.17, 15) is 8.42 Å². The van der Waals surface area contributed by atoms with Crippen LogP contribution in [0, 0.1) is 5.92 Å². The lowest BCUT2D eigenvalue weighted by atomic mass is 9.74. The molecular weight excluding hydrogens is 460 g/mol. The average molecular weight is 501 g/mol. The van der Waals surface area contributed by atoms with Gasteiger partial charge in [0.05, 0.1) is 30.9 Å². The monoisotopic (exact) mass is 500 g/mol. The van der Waals surface area contributed by atoms with E-state index in [4.69, 9.17) is 9.47 Å². The maximum Gasteiger partial charge on any atom is 0.184 e. The van der Waals surface area contributed by atoms with Gasteiger partial charge < -0.3 is 9.47 Å². The maximum absolute atomic E-state index is 14.5.